The molecule has 1 aliphatic heterocycles. The second kappa shape index (κ2) is 4.52. The van der Waals surface area contributed by atoms with Crippen LogP contribution in [-0.4, -0.2) is 38.8 Å². The Morgan fingerprint density at radius 2 is 2.45 bits per heavy atom. The van der Waals surface area contributed by atoms with E-state index in [-0.39, 0.29) is 0 Å². The molecule has 0 fully saturated rings. The van der Waals surface area contributed by atoms with Crippen molar-refractivity contribution in [3.8, 4) is 0 Å². The van der Waals surface area contributed by atoms with Gasteiger partial charge in [-0.2, -0.15) is 0 Å². The van der Waals surface area contributed by atoms with Crippen LogP contribution in [0.2, 0.25) is 0 Å². The summed E-state index contributed by atoms with van der Waals surface area (Å²) < 4.78 is 5.02. The molecule has 0 saturated heterocycles. The van der Waals surface area contributed by atoms with Crippen molar-refractivity contribution in [1.29, 1.82) is 0 Å². The van der Waals surface area contributed by atoms with Crippen LogP contribution >= 0.6 is 0 Å². The Kier molecular flexibility index (Phi) is 3.60. The summed E-state index contributed by atoms with van der Waals surface area (Å²) in [6, 6.07) is 0. The highest BCUT2D eigenvalue weighted by atomic mass is 16.5. The fraction of sp³-hybridized carbons (Fsp3) is 0.778. The van der Waals surface area contributed by atoms with E-state index in [9.17, 15) is 0 Å². The van der Waals surface area contributed by atoms with Gasteiger partial charge >= 0.3 is 0 Å². The van der Waals surface area contributed by atoms with E-state index in [1.807, 2.05) is 0 Å². The maximum Gasteiger partial charge on any atom is 0.0499 e. The lowest BCUT2D eigenvalue weighted by Crippen LogP contribution is -2.24. The van der Waals surface area contributed by atoms with Gasteiger partial charge in [-0.15, -0.1) is 0 Å². The molecule has 2 nitrogen and oxygen atoms in total. The summed E-state index contributed by atoms with van der Waals surface area (Å²) in [7, 11) is 3.92. The average molecular weight is 155 g/mol. The van der Waals surface area contributed by atoms with Gasteiger partial charge in [-0.3, -0.25) is 0 Å². The van der Waals surface area contributed by atoms with Gasteiger partial charge in [-0.25, -0.2) is 0 Å². The number of nitrogens with zero attached hydrogens (tertiary/aromatic N) is 1. The molecule has 2 heteroatoms. The quantitative estimate of drug-likeness (QED) is 0.569. The molecule has 0 aromatic rings. The van der Waals surface area contributed by atoms with Gasteiger partial charge in [0.2, 0.25) is 0 Å². The predicted molar refractivity (Wildman–Crippen MR) is 46.7 cm³/mol. The summed E-state index contributed by atoms with van der Waals surface area (Å²) in [6.45, 7) is 3.18. The highest BCUT2D eigenvalue weighted by Crippen LogP contribution is 2.12. The molecule has 0 unspecified atom stereocenters. The molecule has 0 spiro atoms. The number of rotatable bonds is 3. The van der Waals surface area contributed by atoms with Crippen LogP contribution in [-0.2, 0) is 4.74 Å². The highest BCUT2D eigenvalue weighted by Gasteiger charge is 2.06. The SMILES string of the molecule is COCCC1=CCN(C)CC1. The van der Waals surface area contributed by atoms with E-state index >= 15 is 0 Å². The van der Waals surface area contributed by atoms with E-state index in [2.05, 4.69) is 18.0 Å². The average Bonchev–Trinajstić information content (AvgIpc) is 2.04. The Bertz CT molecular complexity index is 142. The van der Waals surface area contributed by atoms with Crippen LogP contribution in [0.1, 0.15) is 12.8 Å². The van der Waals surface area contributed by atoms with E-state index in [1.54, 1.807) is 12.7 Å². The number of hydrogen-bond donors (Lipinski definition) is 0. The lowest BCUT2D eigenvalue weighted by molar-refractivity contribution is 0.199. The lowest BCUT2D eigenvalue weighted by atomic mass is 10.1. The molecule has 1 aliphatic rings. The molecule has 0 bridgehead atoms. The van der Waals surface area contributed by atoms with Gasteiger partial charge in [0.05, 0.1) is 0 Å². The second-order valence-corrected chi connectivity index (χ2v) is 3.12. The van der Waals surface area contributed by atoms with Gasteiger partial charge in [0.1, 0.15) is 0 Å². The van der Waals surface area contributed by atoms with Crippen molar-refractivity contribution in [2.24, 2.45) is 0 Å². The third-order valence-corrected chi connectivity index (χ3v) is 2.13. The van der Waals surface area contributed by atoms with E-state index in [0.717, 1.165) is 19.6 Å². The van der Waals surface area contributed by atoms with Gasteiger partial charge in [0.15, 0.2) is 0 Å². The summed E-state index contributed by atoms with van der Waals surface area (Å²) in [5.41, 5.74) is 1.56. The molecule has 64 valence electrons. The van der Waals surface area contributed by atoms with Crippen molar-refractivity contribution in [2.45, 2.75) is 12.8 Å². The number of hydrogen-bond acceptors (Lipinski definition) is 2. The Morgan fingerprint density at radius 1 is 1.64 bits per heavy atom. The first-order valence-corrected chi connectivity index (χ1v) is 4.18. The third-order valence-electron chi connectivity index (χ3n) is 2.13. The Balaban J connectivity index is 2.24. The maximum atomic E-state index is 5.02. The molecule has 0 N–H and O–H groups in total. The van der Waals surface area contributed by atoms with Crippen LogP contribution in [0.15, 0.2) is 11.6 Å². The highest BCUT2D eigenvalue weighted by molar-refractivity contribution is 5.06. The first-order chi connectivity index (χ1) is 5.33. The standard InChI is InChI=1S/C9H17NO/c1-10-6-3-9(4-7-10)5-8-11-2/h3H,4-8H2,1-2H3. The van der Waals surface area contributed by atoms with Crippen molar-refractivity contribution < 1.29 is 4.74 Å². The summed E-state index contributed by atoms with van der Waals surface area (Å²) in [5.74, 6) is 0. The summed E-state index contributed by atoms with van der Waals surface area (Å²) in [4.78, 5) is 2.33. The normalized spacial score (nSPS) is 20.0. The molecule has 0 radical (unpaired) electrons. The molecule has 1 heterocycles. The van der Waals surface area contributed by atoms with Crippen LogP contribution in [0, 0.1) is 0 Å². The topological polar surface area (TPSA) is 12.5 Å². The van der Waals surface area contributed by atoms with Crippen LogP contribution in [0.3, 0.4) is 0 Å². The van der Waals surface area contributed by atoms with Gasteiger partial charge in [0, 0.05) is 26.8 Å². The van der Waals surface area contributed by atoms with Gasteiger partial charge in [-0.1, -0.05) is 11.6 Å². The maximum absolute atomic E-state index is 5.02. The van der Waals surface area contributed by atoms with E-state index < -0.39 is 0 Å². The molecule has 0 aromatic heterocycles. The molecule has 0 saturated carbocycles. The van der Waals surface area contributed by atoms with Gasteiger partial charge < -0.3 is 9.64 Å². The minimum atomic E-state index is 0.871. The summed E-state index contributed by atoms with van der Waals surface area (Å²) in [6.07, 6.45) is 4.66. The number of likely N-dealkylation sites (N-methyl/N-ethyl adjacent to an activating group) is 1. The molecular formula is C9H17NO. The Labute approximate surface area is 68.8 Å². The van der Waals surface area contributed by atoms with Crippen LogP contribution in [0.4, 0.5) is 0 Å². The Hall–Kier alpha value is -0.340. The number of ether oxygens (including phenoxy) is 1. The lowest BCUT2D eigenvalue weighted by Gasteiger charge is -2.21. The smallest absolute Gasteiger partial charge is 0.0499 e. The molecule has 0 amide bonds. The Morgan fingerprint density at radius 3 is 3.00 bits per heavy atom. The van der Waals surface area contributed by atoms with E-state index in [1.165, 1.54) is 13.0 Å². The summed E-state index contributed by atoms with van der Waals surface area (Å²) in [5, 5.41) is 0. The zero-order valence-corrected chi connectivity index (χ0v) is 7.47. The zero-order chi connectivity index (χ0) is 8.10. The zero-order valence-electron chi connectivity index (χ0n) is 7.47. The number of methoxy groups -OCH3 is 1. The van der Waals surface area contributed by atoms with E-state index in [0.29, 0.717) is 0 Å². The largest absolute Gasteiger partial charge is 0.384 e. The van der Waals surface area contributed by atoms with Crippen LogP contribution in [0.5, 0.6) is 0 Å². The molecule has 1 rings (SSSR count). The van der Waals surface area contributed by atoms with Crippen LogP contribution in [0.25, 0.3) is 0 Å². The molecule has 0 atom stereocenters. The second-order valence-electron chi connectivity index (χ2n) is 3.12. The third kappa shape index (κ3) is 3.04. The monoisotopic (exact) mass is 155 g/mol. The van der Waals surface area contributed by atoms with Gasteiger partial charge in [-0.05, 0) is 19.9 Å². The fourth-order valence-corrected chi connectivity index (χ4v) is 1.27. The molecular weight excluding hydrogens is 138 g/mol. The van der Waals surface area contributed by atoms with Crippen molar-refractivity contribution in [2.75, 3.05) is 33.9 Å². The predicted octanol–water partition coefficient (Wildman–Crippen LogP) is 1.28. The van der Waals surface area contributed by atoms with Gasteiger partial charge in [0.25, 0.3) is 0 Å². The first-order valence-electron chi connectivity index (χ1n) is 4.18. The minimum absolute atomic E-state index is 0.871. The molecule has 11 heavy (non-hydrogen) atoms. The summed E-state index contributed by atoms with van der Waals surface area (Å²) >= 11 is 0. The van der Waals surface area contributed by atoms with Crippen molar-refractivity contribution in [1.82, 2.24) is 4.90 Å². The van der Waals surface area contributed by atoms with E-state index in [4.69, 9.17) is 4.74 Å². The minimum Gasteiger partial charge on any atom is -0.384 e. The van der Waals surface area contributed by atoms with Crippen molar-refractivity contribution in [3.63, 3.8) is 0 Å². The molecule has 0 aromatic carbocycles. The van der Waals surface area contributed by atoms with Crippen LogP contribution < -0.4 is 0 Å². The molecule has 0 aliphatic carbocycles. The van der Waals surface area contributed by atoms with Crippen molar-refractivity contribution in [3.05, 3.63) is 11.6 Å². The first kappa shape index (κ1) is 8.75. The fourth-order valence-electron chi connectivity index (χ4n) is 1.27. The van der Waals surface area contributed by atoms with Crippen molar-refractivity contribution >= 4 is 0 Å².